The lowest BCUT2D eigenvalue weighted by molar-refractivity contribution is -0.335. The van der Waals surface area contributed by atoms with Crippen LogP contribution >= 0.6 is 55.9 Å². The highest BCUT2D eigenvalue weighted by Gasteiger charge is 2.53. The third-order valence-corrected chi connectivity index (χ3v) is 30.7. The number of amides is 5. The summed E-state index contributed by atoms with van der Waals surface area (Å²) in [5.74, 6) is 8.06. The lowest BCUT2D eigenvalue weighted by atomic mass is 9.72. The van der Waals surface area contributed by atoms with E-state index in [1.807, 2.05) is 73.7 Å². The molecule has 2 aliphatic carbocycles. The molecule has 5 saturated heterocycles. The molecule has 5 amide bonds. The molecule has 10 rings (SSSR count). The Labute approximate surface area is 807 Å². The molecule has 5 heterocycles. The molecule has 0 saturated carbocycles. The third-order valence-electron chi connectivity index (χ3n) is 24.8. The fraction of sp³-hybridized carbons (Fsp3) is 0.598. The Bertz CT molecular complexity index is 4910. The van der Waals surface area contributed by atoms with Gasteiger partial charge in [0.05, 0.1) is 84.6 Å². The molecule has 33 nitrogen and oxygen atoms in total. The van der Waals surface area contributed by atoms with Gasteiger partial charge in [0.15, 0.2) is 36.0 Å². The molecule has 732 valence electrons. The average Bonchev–Trinajstić information content (AvgIpc) is 0.766. The molecule has 37 heteroatoms. The number of aliphatic hydroxyl groups excluding tert-OH is 4. The number of likely N-dealkylation sites (tertiary alicyclic amines) is 1. The SMILES string of the molecule is COC(=O)CC1=C2/C(=C/CSSC(C)(C)CCC(=O)CCCNC(=O)OCc3ccc(NC(=O)[C@H](C)CC(=O)[C@H](Cc4ccccc4)NC(=O)CCCCCN4C(=O)CC(C)C4=O)cc3)[C@](O)(C#C/C=C\C#C[C@@H]2OC2OC(C)C(NOC3CC(O)C(SC(=O)c4c(C)c(I)c(OC5OC(C)C(O)C(OC)C5O)c(C)c4OC)C(C)O3)C(O)C2OC2CC(C)C(CC(C)=O)CO2)CC1=O. The minimum atomic E-state index is -2.18. The Kier molecular flexibility index (Phi) is 40.7. The first-order valence-electron chi connectivity index (χ1n) is 45.3. The third kappa shape index (κ3) is 29.3. The summed E-state index contributed by atoms with van der Waals surface area (Å²) in [5, 5.41) is 66.3. The largest absolute Gasteiger partial charge is 0.496 e. The zero-order chi connectivity index (χ0) is 97.6. The highest BCUT2D eigenvalue weighted by Crippen LogP contribution is 2.47. The Morgan fingerprint density at radius 1 is 0.791 bits per heavy atom. The summed E-state index contributed by atoms with van der Waals surface area (Å²) in [4.78, 5) is 154. The van der Waals surface area contributed by atoms with Crippen molar-refractivity contribution in [2.75, 3.05) is 52.1 Å². The van der Waals surface area contributed by atoms with Gasteiger partial charge in [-0.25, -0.2) is 4.79 Å². The van der Waals surface area contributed by atoms with E-state index in [9.17, 15) is 78.3 Å². The number of carbonyl (C=O) groups excluding carboxylic acids is 11. The predicted molar refractivity (Wildman–Crippen MR) is 506 cm³/mol. The minimum Gasteiger partial charge on any atom is -0.496 e. The molecular weight excluding hydrogens is 1910 g/mol. The number of methoxy groups -OCH3 is 3. The smallest absolute Gasteiger partial charge is 0.407 e. The van der Waals surface area contributed by atoms with E-state index in [2.05, 4.69) is 45.1 Å². The molecule has 22 atom stereocenters. The second-order valence-electron chi connectivity index (χ2n) is 35.7. The maximum atomic E-state index is 14.6. The molecule has 0 aromatic heterocycles. The van der Waals surface area contributed by atoms with Crippen molar-refractivity contribution in [1.82, 2.24) is 21.0 Å². The van der Waals surface area contributed by atoms with Gasteiger partial charge in [-0.3, -0.25) is 52.9 Å². The number of fused-ring (bicyclic) bond motifs is 2. The van der Waals surface area contributed by atoms with Crippen molar-refractivity contribution in [1.29, 1.82) is 0 Å². The quantitative estimate of drug-likeness (QED) is 0.00483. The highest BCUT2D eigenvalue weighted by molar-refractivity contribution is 14.1. The topological polar surface area (TPSA) is 451 Å². The van der Waals surface area contributed by atoms with Crippen molar-refractivity contribution in [2.45, 2.75) is 299 Å². The maximum Gasteiger partial charge on any atom is 0.407 e. The highest BCUT2D eigenvalue weighted by atomic mass is 127. The van der Waals surface area contributed by atoms with E-state index in [1.54, 1.807) is 78.8 Å². The molecule has 3 aromatic rings. The van der Waals surface area contributed by atoms with E-state index < -0.39 is 162 Å². The molecule has 0 spiro atoms. The van der Waals surface area contributed by atoms with Gasteiger partial charge >= 0.3 is 12.1 Å². The first kappa shape index (κ1) is 108. The number of alkyl carbamates (subject to hydrolysis) is 1. The first-order chi connectivity index (χ1) is 63.7. The molecule has 18 unspecified atom stereocenters. The van der Waals surface area contributed by atoms with Gasteiger partial charge in [0.2, 0.25) is 35.0 Å². The van der Waals surface area contributed by atoms with Crippen LogP contribution in [0.2, 0.25) is 0 Å². The molecule has 2 bridgehead atoms. The van der Waals surface area contributed by atoms with Crippen LogP contribution in [-0.4, -0.2) is 255 Å². The number of benzene rings is 3. The van der Waals surface area contributed by atoms with Crippen LogP contribution in [-0.2, 0) is 104 Å². The van der Waals surface area contributed by atoms with E-state index >= 15 is 0 Å². The van der Waals surface area contributed by atoms with E-state index in [4.69, 9.17) is 56.9 Å². The summed E-state index contributed by atoms with van der Waals surface area (Å²) in [6.45, 7) is 19.6. The summed E-state index contributed by atoms with van der Waals surface area (Å²) in [6, 6.07) is 13.8. The molecule has 9 N–H and O–H groups in total. The molecule has 5 fully saturated rings. The van der Waals surface area contributed by atoms with Crippen LogP contribution in [0.5, 0.6) is 11.5 Å². The van der Waals surface area contributed by atoms with Crippen molar-refractivity contribution in [3.63, 3.8) is 0 Å². The summed E-state index contributed by atoms with van der Waals surface area (Å²) in [5.41, 5.74) is 3.74. The maximum absolute atomic E-state index is 14.6. The van der Waals surface area contributed by atoms with E-state index in [0.29, 0.717) is 64.6 Å². The summed E-state index contributed by atoms with van der Waals surface area (Å²) >= 11 is 2.89. The van der Waals surface area contributed by atoms with Crippen molar-refractivity contribution in [2.24, 2.45) is 23.7 Å². The van der Waals surface area contributed by atoms with Crippen LogP contribution in [0.1, 0.15) is 191 Å². The number of thioether (sulfide) groups is 1. The van der Waals surface area contributed by atoms with Gasteiger partial charge in [-0.15, -0.1) is 0 Å². The second kappa shape index (κ2) is 50.5. The second-order valence-corrected chi connectivity index (χ2v) is 41.0. The van der Waals surface area contributed by atoms with E-state index in [1.165, 1.54) is 66.9 Å². The van der Waals surface area contributed by atoms with Crippen molar-refractivity contribution < 1.29 is 135 Å². The first-order valence-corrected chi connectivity index (χ1v) is 49.6. The minimum absolute atomic E-state index is 0.00365. The van der Waals surface area contributed by atoms with Gasteiger partial charge in [-0.2, -0.15) is 5.48 Å². The predicted octanol–water partition coefficient (Wildman–Crippen LogP) is 9.76. The Morgan fingerprint density at radius 3 is 2.19 bits per heavy atom. The van der Waals surface area contributed by atoms with Gasteiger partial charge in [0, 0.05) is 122 Å². The van der Waals surface area contributed by atoms with Gasteiger partial charge in [-0.05, 0) is 163 Å². The number of nitrogens with zero attached hydrogens (tertiary/aromatic N) is 1. The van der Waals surface area contributed by atoms with Gasteiger partial charge in [0.25, 0.3) is 0 Å². The number of imide groups is 1. The normalized spacial score (nSPS) is 28.5. The number of nitrogens with one attached hydrogen (secondary N) is 4. The fourth-order valence-corrected chi connectivity index (χ4v) is 21.3. The molecule has 134 heavy (non-hydrogen) atoms. The number of unbranched alkanes of at least 4 members (excludes halogenated alkanes) is 2. The lowest BCUT2D eigenvalue weighted by Gasteiger charge is -2.46. The van der Waals surface area contributed by atoms with Crippen LogP contribution in [0.3, 0.4) is 0 Å². The van der Waals surface area contributed by atoms with Crippen LogP contribution in [0, 0.1) is 64.8 Å². The number of ketones is 4. The standard InChI is InChI=1S/C97H126IN5O28S3/c1-52-44-76(123-51-63(52)45-55(4)104)129-88-83(113)81(102-131-77-48-70(107)89(60(9)125-77)133-92(117)78-56(5)80(98)86(57(6)85(78)121-13)130-93-84(114)87(122-14)82(112)59(8)127-93)58(7)126-94(88)128-72-29-21-15-16-23-37-97(119)49-71(108)66(47-75(111)120-12)79(72)67(97)36-41-132-134-96(10,11)38-35-65(105)28-25-39-99-95(118)124-50-62-31-33-64(34-32-62)100-90(115)53(2)42-69(106)68(46-61-26-19-17-20-27-61)101-73(109)30-22-18-24-40-103-74(110)43-54(3)91(103)116/h15-17,19-20,26-27,31-34,36,52-54,58-60,63,68,70,72,76-77,81-84,87-89,93-94,102,107,112-114,119H,18,22,24-25,28,30,35,38-51H2,1-14H3,(H,99,118)(H,100,115)(H,101,109)/b16-15-,67-36-/t52?,53-,54?,58?,59?,60?,63?,68+,70?,72+,76?,77?,81?,82?,83?,84?,87?,88?,89?,93?,94?,97+/m1/s1. The number of esters is 1. The van der Waals surface area contributed by atoms with E-state index in [0.717, 1.165) is 17.3 Å². The van der Waals surface area contributed by atoms with Crippen LogP contribution < -0.4 is 30.9 Å². The number of aliphatic hydroxyl groups is 5. The number of halogens is 1. The zero-order valence-electron chi connectivity index (χ0n) is 78.1. The van der Waals surface area contributed by atoms with Gasteiger partial charge in [0.1, 0.15) is 66.3 Å². The molecule has 5 aliphatic heterocycles. The number of hydroxylamine groups is 1. The Balaban J connectivity index is 0.718. The van der Waals surface area contributed by atoms with Crippen molar-refractivity contribution in [3.05, 3.63) is 121 Å². The number of allylic oxidation sites excluding steroid dienone is 2. The molecule has 0 radical (unpaired) electrons. The molecule has 7 aliphatic rings. The summed E-state index contributed by atoms with van der Waals surface area (Å²) in [7, 11) is 6.79. The van der Waals surface area contributed by atoms with E-state index in [-0.39, 0.29) is 170 Å². The van der Waals surface area contributed by atoms with Crippen molar-refractivity contribution >= 4 is 126 Å². The zero-order valence-corrected chi connectivity index (χ0v) is 82.7. The Hall–Kier alpha value is -8.01. The number of hydrogen-bond donors (Lipinski definition) is 9. The summed E-state index contributed by atoms with van der Waals surface area (Å²) < 4.78 is 66.9. The molecule has 3 aromatic carbocycles. The summed E-state index contributed by atoms with van der Waals surface area (Å²) in [6.07, 6.45) is -10.6. The number of ether oxygens (including phenoxy) is 11. The number of hydrogen-bond acceptors (Lipinski definition) is 32. The van der Waals surface area contributed by atoms with Gasteiger partial charge in [-0.1, -0.05) is 133 Å². The van der Waals surface area contributed by atoms with Gasteiger partial charge < -0.3 is 98.4 Å². The number of carbonyl (C=O) groups is 11. The molecular formula is C97H126IN5O28S3. The number of anilines is 1. The van der Waals surface area contributed by atoms with Crippen LogP contribution in [0.25, 0.3) is 0 Å². The fourth-order valence-electron chi connectivity index (χ4n) is 16.9. The van der Waals surface area contributed by atoms with Crippen LogP contribution in [0.15, 0.2) is 89.5 Å². The Morgan fingerprint density at radius 2 is 1.51 bits per heavy atom. The monoisotopic (exact) mass is 2030 g/mol. The number of rotatable bonds is 44. The number of Topliss-reactive ketones (excluding diaryl/α,β-unsaturated/α-hetero) is 4. The van der Waals surface area contributed by atoms with Crippen molar-refractivity contribution in [3.8, 4) is 35.2 Å². The lowest BCUT2D eigenvalue weighted by Crippen LogP contribution is -2.64. The average molecular weight is 2030 g/mol. The van der Waals surface area contributed by atoms with Crippen LogP contribution in [0.4, 0.5) is 10.5 Å².